The Labute approximate surface area is 105 Å². The van der Waals surface area contributed by atoms with Crippen molar-refractivity contribution >= 4 is 12.0 Å². The van der Waals surface area contributed by atoms with Gasteiger partial charge in [-0.05, 0) is 29.7 Å². The first-order chi connectivity index (χ1) is 8.67. The van der Waals surface area contributed by atoms with Crippen molar-refractivity contribution in [3.63, 3.8) is 0 Å². The third-order valence-corrected chi connectivity index (χ3v) is 2.11. The fourth-order valence-corrected chi connectivity index (χ4v) is 1.35. The molecule has 0 N–H and O–H groups in total. The van der Waals surface area contributed by atoms with E-state index in [2.05, 4.69) is 14.8 Å². The Hall–Kier alpha value is -2.52. The van der Waals surface area contributed by atoms with Crippen molar-refractivity contribution in [1.29, 1.82) is 0 Å². The zero-order valence-electron chi connectivity index (χ0n) is 10.2. The molecule has 0 radical (unpaired) electrons. The molecule has 0 bridgehead atoms. The molecular weight excluding hydrogens is 230 g/mol. The van der Waals surface area contributed by atoms with Gasteiger partial charge in [-0.25, -0.2) is 4.79 Å². The van der Waals surface area contributed by atoms with Gasteiger partial charge in [-0.3, -0.25) is 0 Å². The Morgan fingerprint density at radius 2 is 2.06 bits per heavy atom. The van der Waals surface area contributed by atoms with E-state index in [1.807, 2.05) is 43.3 Å². The Morgan fingerprint density at radius 1 is 1.39 bits per heavy atom. The highest BCUT2D eigenvalue weighted by Crippen LogP contribution is 2.11. The minimum atomic E-state index is -0.659. The zero-order valence-corrected chi connectivity index (χ0v) is 10.2. The minimum absolute atomic E-state index is 0.0651. The van der Waals surface area contributed by atoms with E-state index in [0.29, 0.717) is 0 Å². The summed E-state index contributed by atoms with van der Waals surface area (Å²) in [5.74, 6) is -0.659. The normalized spacial score (nSPS) is 11.7. The highest BCUT2D eigenvalue weighted by Gasteiger charge is 2.06. The summed E-state index contributed by atoms with van der Waals surface area (Å²) in [6, 6.07) is 9.61. The van der Waals surface area contributed by atoms with Crippen LogP contribution in [0.3, 0.4) is 0 Å². The molecule has 0 aliphatic rings. The van der Waals surface area contributed by atoms with E-state index < -0.39 is 5.97 Å². The predicted octanol–water partition coefficient (Wildman–Crippen LogP) is 3.46. The van der Waals surface area contributed by atoms with Crippen LogP contribution in [0.15, 0.2) is 52.8 Å². The molecule has 0 aliphatic heterocycles. The van der Waals surface area contributed by atoms with Crippen molar-refractivity contribution in [3.05, 3.63) is 63.7 Å². The van der Waals surface area contributed by atoms with E-state index in [-0.39, 0.29) is 5.70 Å². The molecule has 1 aromatic rings. The van der Waals surface area contributed by atoms with Gasteiger partial charge in [0.05, 0.1) is 7.11 Å². The molecule has 18 heavy (non-hydrogen) atoms. The molecule has 0 fully saturated rings. The highest BCUT2D eigenvalue weighted by atomic mass is 16.5. The number of rotatable bonds is 4. The molecule has 0 atom stereocenters. The van der Waals surface area contributed by atoms with Gasteiger partial charge >= 0.3 is 5.97 Å². The summed E-state index contributed by atoms with van der Waals surface area (Å²) in [6.07, 6.45) is 3.36. The van der Waals surface area contributed by atoms with Crippen LogP contribution in [0, 0.1) is 0 Å². The quantitative estimate of drug-likeness (QED) is 0.203. The Morgan fingerprint density at radius 3 is 2.61 bits per heavy atom. The van der Waals surface area contributed by atoms with Crippen molar-refractivity contribution < 1.29 is 9.53 Å². The van der Waals surface area contributed by atoms with E-state index in [0.717, 1.165) is 11.1 Å². The Bertz CT molecular complexity index is 526. The van der Waals surface area contributed by atoms with Gasteiger partial charge in [0, 0.05) is 4.91 Å². The molecule has 0 aromatic heterocycles. The standard InChI is InChI=1S/C13H13N3O2/c1-10(8-11-6-4-3-5-7-11)9-12(15-16-14)13(17)18-2/h3-9H,1-2H3/b10-8+,12-9-. The number of ether oxygens (including phenoxy) is 1. The summed E-state index contributed by atoms with van der Waals surface area (Å²) in [5.41, 5.74) is 10.1. The van der Waals surface area contributed by atoms with Gasteiger partial charge in [0.25, 0.3) is 0 Å². The molecule has 0 saturated carbocycles. The second-order valence-electron chi connectivity index (χ2n) is 3.51. The van der Waals surface area contributed by atoms with Crippen molar-refractivity contribution in [3.8, 4) is 0 Å². The number of methoxy groups -OCH3 is 1. The third-order valence-electron chi connectivity index (χ3n) is 2.11. The van der Waals surface area contributed by atoms with Crippen molar-refractivity contribution in [1.82, 2.24) is 0 Å². The Kier molecular flexibility index (Phi) is 5.22. The number of hydrogen-bond acceptors (Lipinski definition) is 3. The Balaban J connectivity index is 3.02. The fourth-order valence-electron chi connectivity index (χ4n) is 1.35. The maximum Gasteiger partial charge on any atom is 0.340 e. The largest absolute Gasteiger partial charge is 0.466 e. The molecular formula is C13H13N3O2. The van der Waals surface area contributed by atoms with Crippen LogP contribution in [-0.2, 0) is 9.53 Å². The molecule has 0 aliphatic carbocycles. The number of carbonyl (C=O) groups is 1. The highest BCUT2D eigenvalue weighted by molar-refractivity contribution is 5.88. The summed E-state index contributed by atoms with van der Waals surface area (Å²) in [5, 5.41) is 3.30. The number of carbonyl (C=O) groups excluding carboxylic acids is 1. The van der Waals surface area contributed by atoms with E-state index in [1.165, 1.54) is 13.2 Å². The fraction of sp³-hybridized carbons (Fsp3) is 0.154. The maximum atomic E-state index is 11.3. The summed E-state index contributed by atoms with van der Waals surface area (Å²) in [7, 11) is 1.24. The van der Waals surface area contributed by atoms with Crippen LogP contribution in [0.1, 0.15) is 12.5 Å². The molecule has 0 amide bonds. The molecule has 5 nitrogen and oxygen atoms in total. The number of azide groups is 1. The first-order valence-corrected chi connectivity index (χ1v) is 5.26. The molecule has 0 unspecified atom stereocenters. The number of allylic oxidation sites excluding steroid dienone is 2. The van der Waals surface area contributed by atoms with E-state index in [4.69, 9.17) is 5.53 Å². The molecule has 1 rings (SSSR count). The average Bonchev–Trinajstić information content (AvgIpc) is 2.38. The molecule has 0 heterocycles. The summed E-state index contributed by atoms with van der Waals surface area (Å²) < 4.78 is 4.52. The van der Waals surface area contributed by atoms with E-state index >= 15 is 0 Å². The molecule has 0 spiro atoms. The third kappa shape index (κ3) is 4.15. The van der Waals surface area contributed by atoms with Crippen molar-refractivity contribution in [2.75, 3.05) is 7.11 Å². The number of hydrogen-bond donors (Lipinski definition) is 0. The van der Waals surface area contributed by atoms with Gasteiger partial charge < -0.3 is 4.74 Å². The smallest absolute Gasteiger partial charge is 0.340 e. The lowest BCUT2D eigenvalue weighted by atomic mass is 10.1. The molecule has 0 saturated heterocycles. The summed E-state index contributed by atoms with van der Waals surface area (Å²) in [6.45, 7) is 1.81. The van der Waals surface area contributed by atoms with Gasteiger partial charge in [0.15, 0.2) is 0 Å². The monoisotopic (exact) mass is 243 g/mol. The van der Waals surface area contributed by atoms with Crippen molar-refractivity contribution in [2.45, 2.75) is 6.92 Å². The van der Waals surface area contributed by atoms with Gasteiger partial charge in [-0.15, -0.1) is 0 Å². The van der Waals surface area contributed by atoms with Crippen LogP contribution in [0.4, 0.5) is 0 Å². The maximum absolute atomic E-state index is 11.3. The molecule has 92 valence electrons. The topological polar surface area (TPSA) is 75.1 Å². The van der Waals surface area contributed by atoms with Gasteiger partial charge in [0.1, 0.15) is 5.70 Å². The van der Waals surface area contributed by atoms with Crippen LogP contribution in [-0.4, -0.2) is 13.1 Å². The SMILES string of the molecule is COC(=O)/C(=C/C(C)=C/c1ccccc1)N=[N+]=[N-]. The van der Waals surface area contributed by atoms with Crippen LogP contribution in [0.5, 0.6) is 0 Å². The number of benzene rings is 1. The summed E-state index contributed by atoms with van der Waals surface area (Å²) >= 11 is 0. The predicted molar refractivity (Wildman–Crippen MR) is 69.3 cm³/mol. The van der Waals surface area contributed by atoms with Crippen LogP contribution in [0.2, 0.25) is 0 Å². The lowest BCUT2D eigenvalue weighted by molar-refractivity contribution is -0.136. The van der Waals surface area contributed by atoms with Gasteiger partial charge in [-0.2, -0.15) is 0 Å². The van der Waals surface area contributed by atoms with E-state index in [9.17, 15) is 4.79 Å². The van der Waals surface area contributed by atoms with Crippen LogP contribution in [0.25, 0.3) is 16.5 Å². The molecule has 1 aromatic carbocycles. The number of nitrogens with zero attached hydrogens (tertiary/aromatic N) is 3. The average molecular weight is 243 g/mol. The first kappa shape index (κ1) is 13.5. The zero-order chi connectivity index (χ0) is 13.4. The van der Waals surface area contributed by atoms with Crippen LogP contribution >= 0.6 is 0 Å². The first-order valence-electron chi connectivity index (χ1n) is 5.26. The lowest BCUT2D eigenvalue weighted by Gasteiger charge is -1.99. The van der Waals surface area contributed by atoms with Gasteiger partial charge in [-0.1, -0.05) is 41.5 Å². The van der Waals surface area contributed by atoms with Crippen LogP contribution < -0.4 is 0 Å². The number of esters is 1. The van der Waals surface area contributed by atoms with E-state index in [1.54, 1.807) is 0 Å². The van der Waals surface area contributed by atoms with Gasteiger partial charge in [0.2, 0.25) is 0 Å². The second kappa shape index (κ2) is 6.93. The summed E-state index contributed by atoms with van der Waals surface area (Å²) in [4.78, 5) is 13.9. The van der Waals surface area contributed by atoms with Crippen molar-refractivity contribution in [2.24, 2.45) is 5.11 Å². The molecule has 5 heteroatoms. The lowest BCUT2D eigenvalue weighted by Crippen LogP contribution is -2.02. The second-order valence-corrected chi connectivity index (χ2v) is 3.51. The minimum Gasteiger partial charge on any atom is -0.466 e.